The number of nitrogens with zero attached hydrogens (tertiary/aromatic N) is 3. The van der Waals surface area contributed by atoms with Crippen LogP contribution in [0.2, 0.25) is 0 Å². The van der Waals surface area contributed by atoms with Crippen molar-refractivity contribution < 1.29 is 19.2 Å². The van der Waals surface area contributed by atoms with E-state index in [1.54, 1.807) is 18.2 Å². The van der Waals surface area contributed by atoms with E-state index in [4.69, 9.17) is 0 Å². The molecule has 0 N–H and O–H groups in total. The summed E-state index contributed by atoms with van der Waals surface area (Å²) in [5.74, 6) is -0.715. The molecule has 2 saturated heterocycles. The lowest BCUT2D eigenvalue weighted by Gasteiger charge is -2.33. The van der Waals surface area contributed by atoms with Crippen LogP contribution in [0.25, 0.3) is 17.0 Å². The SMILES string of the molecule is Cc1ccc(C(=O)CN2C(=O)S/C(=C\c3cn(CC(=O)N4CCCC[C@H]4C)c4ccc(Br)cc34)C2=O)cc1. The van der Waals surface area contributed by atoms with Gasteiger partial charge in [-0.1, -0.05) is 45.8 Å². The number of benzene rings is 2. The molecule has 3 aromatic rings. The predicted molar refractivity (Wildman–Crippen MR) is 153 cm³/mol. The molecule has 5 rings (SSSR count). The number of aryl methyl sites for hydroxylation is 1. The quantitative estimate of drug-likeness (QED) is 0.257. The number of piperidine rings is 1. The lowest BCUT2D eigenvalue weighted by Crippen LogP contribution is -2.43. The summed E-state index contributed by atoms with van der Waals surface area (Å²) < 4.78 is 2.77. The highest BCUT2D eigenvalue weighted by Crippen LogP contribution is 2.35. The molecule has 0 bridgehead atoms. The first-order chi connectivity index (χ1) is 18.2. The fourth-order valence-electron chi connectivity index (χ4n) is 5.00. The van der Waals surface area contributed by atoms with Crippen molar-refractivity contribution >= 4 is 67.5 Å². The zero-order chi connectivity index (χ0) is 27.0. The van der Waals surface area contributed by atoms with Crippen molar-refractivity contribution in [2.24, 2.45) is 0 Å². The Bertz CT molecular complexity index is 1480. The van der Waals surface area contributed by atoms with Gasteiger partial charge in [0.05, 0.1) is 11.4 Å². The van der Waals surface area contributed by atoms with Crippen LogP contribution < -0.4 is 0 Å². The van der Waals surface area contributed by atoms with Crippen LogP contribution >= 0.6 is 27.7 Å². The van der Waals surface area contributed by atoms with E-state index in [2.05, 4.69) is 22.9 Å². The van der Waals surface area contributed by atoms with Crippen molar-refractivity contribution in [2.75, 3.05) is 13.1 Å². The van der Waals surface area contributed by atoms with Crippen LogP contribution in [0.1, 0.15) is 47.7 Å². The number of hydrogen-bond acceptors (Lipinski definition) is 5. The number of ketones is 1. The summed E-state index contributed by atoms with van der Waals surface area (Å²) in [5, 5.41) is 0.391. The molecule has 9 heteroatoms. The Morgan fingerprint density at radius 1 is 1.08 bits per heavy atom. The van der Waals surface area contributed by atoms with Gasteiger partial charge in [0.15, 0.2) is 5.78 Å². The second-order valence-corrected chi connectivity index (χ2v) is 11.8. The zero-order valence-corrected chi connectivity index (χ0v) is 23.7. The number of likely N-dealkylation sites (tertiary alicyclic amines) is 1. The fourth-order valence-corrected chi connectivity index (χ4v) is 6.19. The Balaban J connectivity index is 1.40. The van der Waals surface area contributed by atoms with Gasteiger partial charge in [0.2, 0.25) is 5.91 Å². The van der Waals surface area contributed by atoms with Crippen molar-refractivity contribution in [1.29, 1.82) is 0 Å². The smallest absolute Gasteiger partial charge is 0.293 e. The average molecular weight is 595 g/mol. The molecule has 2 fully saturated rings. The van der Waals surface area contributed by atoms with Crippen LogP contribution in [0.5, 0.6) is 0 Å². The van der Waals surface area contributed by atoms with E-state index in [0.29, 0.717) is 5.56 Å². The molecule has 0 saturated carbocycles. The van der Waals surface area contributed by atoms with Crippen molar-refractivity contribution in [3.05, 3.63) is 74.7 Å². The third-order valence-corrected chi connectivity index (χ3v) is 8.54. The number of amides is 3. The van der Waals surface area contributed by atoms with Gasteiger partial charge in [0.25, 0.3) is 11.1 Å². The van der Waals surface area contributed by atoms with Gasteiger partial charge in [-0.15, -0.1) is 0 Å². The summed E-state index contributed by atoms with van der Waals surface area (Å²) in [7, 11) is 0. The summed E-state index contributed by atoms with van der Waals surface area (Å²) in [4.78, 5) is 54.9. The monoisotopic (exact) mass is 593 g/mol. The minimum absolute atomic E-state index is 0.0681. The molecule has 2 aromatic carbocycles. The van der Waals surface area contributed by atoms with E-state index in [1.165, 1.54) is 0 Å². The highest BCUT2D eigenvalue weighted by Gasteiger charge is 2.36. The standard InChI is InChI=1S/C29H28BrN3O4S/c1-18-6-8-20(9-7-18)25(34)16-33-28(36)26(38-29(33)37)13-21-15-31(24-11-10-22(30)14-23(21)24)17-27(35)32-12-4-3-5-19(32)2/h6-11,13-15,19H,3-5,12,16-17H2,1-2H3/b26-13-/t19-/m1/s1. The van der Waals surface area contributed by atoms with Crippen molar-refractivity contribution in [2.45, 2.75) is 45.7 Å². The molecule has 0 unspecified atom stereocenters. The first-order valence-electron chi connectivity index (χ1n) is 12.6. The van der Waals surface area contributed by atoms with E-state index >= 15 is 0 Å². The van der Waals surface area contributed by atoms with Crippen LogP contribution in [0.4, 0.5) is 4.79 Å². The number of carbonyl (C=O) groups is 4. The number of carbonyl (C=O) groups excluding carboxylic acids is 4. The normalized spacial score (nSPS) is 19.1. The maximum Gasteiger partial charge on any atom is 0.293 e. The van der Waals surface area contributed by atoms with Crippen LogP contribution in [-0.2, 0) is 16.1 Å². The lowest BCUT2D eigenvalue weighted by molar-refractivity contribution is -0.135. The Hall–Kier alpha value is -3.17. The lowest BCUT2D eigenvalue weighted by atomic mass is 10.0. The Morgan fingerprint density at radius 3 is 2.58 bits per heavy atom. The summed E-state index contributed by atoms with van der Waals surface area (Å²) in [5.41, 5.74) is 3.08. The van der Waals surface area contributed by atoms with Gasteiger partial charge in [0, 0.05) is 45.3 Å². The number of Topliss-reactive ketones (excluding diaryl/α,β-unsaturated/α-hetero) is 1. The molecule has 0 radical (unpaired) electrons. The van der Waals surface area contributed by atoms with E-state index in [1.807, 2.05) is 52.9 Å². The number of rotatable bonds is 6. The second-order valence-electron chi connectivity index (χ2n) is 9.86. The molecule has 0 spiro atoms. The van der Waals surface area contributed by atoms with Gasteiger partial charge in [-0.25, -0.2) is 0 Å². The second kappa shape index (κ2) is 10.9. The third-order valence-electron chi connectivity index (χ3n) is 7.14. The summed E-state index contributed by atoms with van der Waals surface area (Å²) in [6.45, 7) is 4.68. The first kappa shape index (κ1) is 26.4. The van der Waals surface area contributed by atoms with E-state index in [-0.39, 0.29) is 35.7 Å². The van der Waals surface area contributed by atoms with E-state index < -0.39 is 11.1 Å². The topological polar surface area (TPSA) is 79.7 Å². The highest BCUT2D eigenvalue weighted by molar-refractivity contribution is 9.10. The zero-order valence-electron chi connectivity index (χ0n) is 21.3. The van der Waals surface area contributed by atoms with Crippen LogP contribution in [-0.4, -0.2) is 56.3 Å². The third kappa shape index (κ3) is 5.35. The predicted octanol–water partition coefficient (Wildman–Crippen LogP) is 6.03. The number of aromatic nitrogens is 1. The molecule has 196 valence electrons. The van der Waals surface area contributed by atoms with Gasteiger partial charge in [0.1, 0.15) is 6.54 Å². The van der Waals surface area contributed by atoms with Gasteiger partial charge in [-0.3, -0.25) is 24.1 Å². The van der Waals surface area contributed by atoms with Gasteiger partial charge in [-0.2, -0.15) is 0 Å². The van der Waals surface area contributed by atoms with Crippen LogP contribution in [0.3, 0.4) is 0 Å². The Morgan fingerprint density at radius 2 is 1.84 bits per heavy atom. The number of imide groups is 1. The van der Waals surface area contributed by atoms with Crippen molar-refractivity contribution in [3.63, 3.8) is 0 Å². The molecule has 38 heavy (non-hydrogen) atoms. The minimum Gasteiger partial charge on any atom is -0.338 e. The van der Waals surface area contributed by atoms with Crippen molar-refractivity contribution in [1.82, 2.24) is 14.4 Å². The molecule has 2 aliphatic rings. The molecule has 0 aliphatic carbocycles. The first-order valence-corrected chi connectivity index (χ1v) is 14.3. The summed E-state index contributed by atoms with van der Waals surface area (Å²) >= 11 is 4.34. The maximum absolute atomic E-state index is 13.2. The van der Waals surface area contributed by atoms with Gasteiger partial charge >= 0.3 is 0 Å². The average Bonchev–Trinajstić information content (AvgIpc) is 3.35. The Kier molecular flexibility index (Phi) is 7.59. The molecule has 3 heterocycles. The number of fused-ring (bicyclic) bond motifs is 1. The molecule has 1 aromatic heterocycles. The number of halogens is 1. The molecule has 1 atom stereocenters. The van der Waals surface area contributed by atoms with Gasteiger partial charge in [-0.05, 0) is 69.1 Å². The molecule has 2 aliphatic heterocycles. The highest BCUT2D eigenvalue weighted by atomic mass is 79.9. The van der Waals surface area contributed by atoms with Crippen LogP contribution in [0.15, 0.2) is 58.0 Å². The summed E-state index contributed by atoms with van der Waals surface area (Å²) in [6, 6.07) is 13.1. The number of hydrogen-bond donors (Lipinski definition) is 0. The van der Waals surface area contributed by atoms with Crippen LogP contribution in [0, 0.1) is 6.92 Å². The molecule has 3 amide bonds. The molecular formula is C29H28BrN3O4S. The largest absolute Gasteiger partial charge is 0.338 e. The molecule has 7 nitrogen and oxygen atoms in total. The van der Waals surface area contributed by atoms with Crippen molar-refractivity contribution in [3.8, 4) is 0 Å². The Labute approximate surface area is 234 Å². The van der Waals surface area contributed by atoms with Gasteiger partial charge < -0.3 is 9.47 Å². The maximum atomic E-state index is 13.2. The molecular weight excluding hydrogens is 566 g/mol. The number of thioether (sulfide) groups is 1. The minimum atomic E-state index is -0.491. The summed E-state index contributed by atoms with van der Waals surface area (Å²) in [6.07, 6.45) is 6.71. The fraction of sp³-hybridized carbons (Fsp3) is 0.310. The van der Waals surface area contributed by atoms with E-state index in [9.17, 15) is 19.2 Å². The van der Waals surface area contributed by atoms with E-state index in [0.717, 1.165) is 69.0 Å².